The van der Waals surface area contributed by atoms with Crippen LogP contribution in [-0.2, 0) is 0 Å². The minimum absolute atomic E-state index is 0.189. The molecule has 116 valence electrons. The molecule has 0 spiro atoms. The van der Waals surface area contributed by atoms with Gasteiger partial charge in [0.2, 0.25) is 0 Å². The Morgan fingerprint density at radius 1 is 1.09 bits per heavy atom. The molecule has 1 aromatic carbocycles. The molecule has 3 rings (SSSR count). The van der Waals surface area contributed by atoms with Gasteiger partial charge >= 0.3 is 6.03 Å². The molecule has 2 aromatic heterocycles. The Hall–Kier alpha value is -3.15. The predicted molar refractivity (Wildman–Crippen MR) is 89.4 cm³/mol. The third-order valence-electron chi connectivity index (χ3n) is 3.53. The van der Waals surface area contributed by atoms with Crippen molar-refractivity contribution >= 4 is 17.5 Å². The van der Waals surface area contributed by atoms with Crippen LogP contribution >= 0.6 is 0 Å². The van der Waals surface area contributed by atoms with Gasteiger partial charge in [-0.15, -0.1) is 0 Å². The third-order valence-corrected chi connectivity index (χ3v) is 3.53. The maximum absolute atomic E-state index is 11.9. The molecular weight excluding hydrogens is 290 g/mol. The van der Waals surface area contributed by atoms with Crippen LogP contribution in [0, 0.1) is 0 Å². The van der Waals surface area contributed by atoms with E-state index in [1.807, 2.05) is 41.1 Å². The summed E-state index contributed by atoms with van der Waals surface area (Å²) in [6.45, 7) is 2.10. The quantitative estimate of drug-likeness (QED) is 0.774. The van der Waals surface area contributed by atoms with Crippen molar-refractivity contribution < 1.29 is 4.79 Å². The van der Waals surface area contributed by atoms with E-state index in [-0.39, 0.29) is 12.1 Å². The minimum Gasteiger partial charge on any atom is -0.330 e. The molecule has 1 unspecified atom stereocenters. The molecule has 0 radical (unpaired) electrons. The molecule has 2 heterocycles. The van der Waals surface area contributed by atoms with E-state index in [9.17, 15) is 4.79 Å². The lowest BCUT2D eigenvalue weighted by molar-refractivity contribution is 0.262. The number of benzene rings is 1. The number of rotatable bonds is 4. The number of carbonyl (C=O) groups excluding carboxylic acids is 1. The Balaban J connectivity index is 1.62. The average molecular weight is 307 g/mol. The van der Waals surface area contributed by atoms with E-state index in [2.05, 4.69) is 27.5 Å². The summed E-state index contributed by atoms with van der Waals surface area (Å²) in [6.07, 6.45) is 7.10. The van der Waals surface area contributed by atoms with Crippen molar-refractivity contribution in [2.45, 2.75) is 13.0 Å². The number of nitrogens with zero attached hydrogens (tertiary/aromatic N) is 3. The number of imidazole rings is 1. The van der Waals surface area contributed by atoms with Crippen LogP contribution in [0.1, 0.15) is 18.5 Å². The summed E-state index contributed by atoms with van der Waals surface area (Å²) in [5, 5.41) is 5.46. The Labute approximate surface area is 134 Å². The van der Waals surface area contributed by atoms with Gasteiger partial charge in [-0.3, -0.25) is 5.32 Å². The number of urea groups is 1. The second-order valence-electron chi connectivity index (χ2n) is 5.10. The Bertz CT molecular complexity index is 753. The topological polar surface area (TPSA) is 71.8 Å². The Kier molecular flexibility index (Phi) is 4.33. The maximum atomic E-state index is 11.9. The second kappa shape index (κ2) is 6.74. The molecule has 0 fully saturated rings. The molecule has 2 amide bonds. The first kappa shape index (κ1) is 14.8. The van der Waals surface area contributed by atoms with Crippen molar-refractivity contribution in [3.63, 3.8) is 0 Å². The van der Waals surface area contributed by atoms with E-state index < -0.39 is 0 Å². The zero-order valence-electron chi connectivity index (χ0n) is 12.7. The molecular formula is C17H17N5O. The van der Waals surface area contributed by atoms with Crippen molar-refractivity contribution in [1.82, 2.24) is 14.5 Å². The van der Waals surface area contributed by atoms with Crippen molar-refractivity contribution in [2.75, 3.05) is 10.6 Å². The molecule has 6 heteroatoms. The Morgan fingerprint density at radius 3 is 2.57 bits per heavy atom. The first-order valence-corrected chi connectivity index (χ1v) is 7.29. The first-order valence-electron chi connectivity index (χ1n) is 7.29. The fourth-order valence-corrected chi connectivity index (χ4v) is 2.23. The molecule has 23 heavy (non-hydrogen) atoms. The van der Waals surface area contributed by atoms with Crippen LogP contribution in [0.5, 0.6) is 0 Å². The van der Waals surface area contributed by atoms with Crippen LogP contribution in [0.2, 0.25) is 0 Å². The van der Waals surface area contributed by atoms with Gasteiger partial charge in [0, 0.05) is 24.3 Å². The second-order valence-corrected chi connectivity index (χ2v) is 5.10. The van der Waals surface area contributed by atoms with Gasteiger partial charge in [0.25, 0.3) is 0 Å². The standard InChI is InChI=1S/C17H17N5O/c1-13(22-11-10-18-12-22)14-5-7-15(8-6-14)20-17(23)21-16-4-2-3-9-19-16/h2-13H,1H3,(H2,19,20,21,23). The zero-order chi connectivity index (χ0) is 16.1. The van der Waals surface area contributed by atoms with Crippen LogP contribution in [0.25, 0.3) is 0 Å². The van der Waals surface area contributed by atoms with Crippen LogP contribution < -0.4 is 10.6 Å². The predicted octanol–water partition coefficient (Wildman–Crippen LogP) is 3.53. The highest BCUT2D eigenvalue weighted by Gasteiger charge is 2.08. The molecule has 6 nitrogen and oxygen atoms in total. The first-order chi connectivity index (χ1) is 11.2. The molecule has 0 saturated heterocycles. The van der Waals surface area contributed by atoms with Gasteiger partial charge in [-0.2, -0.15) is 0 Å². The zero-order valence-corrected chi connectivity index (χ0v) is 12.7. The molecule has 1 atom stereocenters. The van der Waals surface area contributed by atoms with Gasteiger partial charge in [0.15, 0.2) is 0 Å². The van der Waals surface area contributed by atoms with E-state index in [4.69, 9.17) is 0 Å². The molecule has 0 aliphatic carbocycles. The number of anilines is 2. The normalized spacial score (nSPS) is 11.7. The van der Waals surface area contributed by atoms with Crippen molar-refractivity contribution in [3.05, 3.63) is 72.9 Å². The van der Waals surface area contributed by atoms with Gasteiger partial charge in [-0.1, -0.05) is 18.2 Å². The van der Waals surface area contributed by atoms with Crippen LogP contribution in [0.15, 0.2) is 67.4 Å². The van der Waals surface area contributed by atoms with E-state index in [0.717, 1.165) is 11.3 Å². The molecule has 0 bridgehead atoms. The number of hydrogen-bond acceptors (Lipinski definition) is 3. The number of pyridine rings is 1. The number of carbonyl (C=O) groups is 1. The summed E-state index contributed by atoms with van der Waals surface area (Å²) >= 11 is 0. The maximum Gasteiger partial charge on any atom is 0.324 e. The SMILES string of the molecule is CC(c1ccc(NC(=O)Nc2ccccn2)cc1)n1ccnc1. The van der Waals surface area contributed by atoms with Crippen LogP contribution in [0.4, 0.5) is 16.3 Å². The lowest BCUT2D eigenvalue weighted by atomic mass is 10.1. The average Bonchev–Trinajstić information content (AvgIpc) is 3.10. The summed E-state index contributed by atoms with van der Waals surface area (Å²) in [5.74, 6) is 0.510. The van der Waals surface area contributed by atoms with Crippen LogP contribution in [0.3, 0.4) is 0 Å². The lowest BCUT2D eigenvalue weighted by Gasteiger charge is -2.14. The summed E-state index contributed by atoms with van der Waals surface area (Å²) < 4.78 is 2.02. The van der Waals surface area contributed by atoms with Crippen molar-refractivity contribution in [3.8, 4) is 0 Å². The van der Waals surface area contributed by atoms with E-state index in [1.165, 1.54) is 0 Å². The number of aromatic nitrogens is 3. The van der Waals surface area contributed by atoms with E-state index in [0.29, 0.717) is 5.82 Å². The van der Waals surface area contributed by atoms with Gasteiger partial charge in [0.05, 0.1) is 12.4 Å². The molecule has 0 aliphatic heterocycles. The highest BCUT2D eigenvalue weighted by Crippen LogP contribution is 2.19. The minimum atomic E-state index is -0.320. The monoisotopic (exact) mass is 307 g/mol. The third kappa shape index (κ3) is 3.74. The van der Waals surface area contributed by atoms with Gasteiger partial charge in [0.1, 0.15) is 5.82 Å². The van der Waals surface area contributed by atoms with Gasteiger partial charge < -0.3 is 9.88 Å². The lowest BCUT2D eigenvalue weighted by Crippen LogP contribution is -2.20. The van der Waals surface area contributed by atoms with Gasteiger partial charge in [-0.05, 0) is 36.8 Å². The largest absolute Gasteiger partial charge is 0.330 e. The Morgan fingerprint density at radius 2 is 1.91 bits per heavy atom. The van der Waals surface area contributed by atoms with Crippen LogP contribution in [-0.4, -0.2) is 20.6 Å². The number of nitrogens with one attached hydrogen (secondary N) is 2. The van der Waals surface area contributed by atoms with Crippen molar-refractivity contribution in [2.24, 2.45) is 0 Å². The van der Waals surface area contributed by atoms with E-state index in [1.54, 1.807) is 30.9 Å². The molecule has 0 saturated carbocycles. The number of hydrogen-bond donors (Lipinski definition) is 2. The summed E-state index contributed by atoms with van der Waals surface area (Å²) in [6, 6.07) is 12.9. The highest BCUT2D eigenvalue weighted by molar-refractivity contribution is 5.99. The molecule has 0 aliphatic rings. The molecule has 3 aromatic rings. The van der Waals surface area contributed by atoms with E-state index >= 15 is 0 Å². The number of amides is 2. The summed E-state index contributed by atoms with van der Waals surface area (Å²) in [5.41, 5.74) is 1.86. The van der Waals surface area contributed by atoms with Gasteiger partial charge in [-0.25, -0.2) is 14.8 Å². The molecule has 2 N–H and O–H groups in total. The highest BCUT2D eigenvalue weighted by atomic mass is 16.2. The van der Waals surface area contributed by atoms with Crippen molar-refractivity contribution in [1.29, 1.82) is 0 Å². The summed E-state index contributed by atoms with van der Waals surface area (Å²) in [4.78, 5) is 20.0. The fraction of sp³-hybridized carbons (Fsp3) is 0.118. The smallest absolute Gasteiger partial charge is 0.324 e. The summed E-state index contributed by atoms with van der Waals surface area (Å²) in [7, 11) is 0. The fourth-order valence-electron chi connectivity index (χ4n) is 2.23.